The third-order valence-corrected chi connectivity index (χ3v) is 5.92. The number of aryl methyl sites for hydroxylation is 1. The van der Waals surface area contributed by atoms with Gasteiger partial charge in [0.1, 0.15) is 36.2 Å². The molecule has 9 heteroatoms. The summed E-state index contributed by atoms with van der Waals surface area (Å²) < 4.78 is 16.3. The summed E-state index contributed by atoms with van der Waals surface area (Å²) in [6.45, 7) is 1.67. The van der Waals surface area contributed by atoms with Crippen molar-refractivity contribution < 1.29 is 9.50 Å². The zero-order chi connectivity index (χ0) is 23.8. The number of halogens is 1. The van der Waals surface area contributed by atoms with Crippen LogP contribution in [0.5, 0.6) is 0 Å². The Morgan fingerprint density at radius 1 is 1.21 bits per heavy atom. The number of fused-ring (bicyclic) bond motifs is 2. The number of nitrogens with zero attached hydrogens (tertiary/aromatic N) is 5. The number of para-hydroxylation sites is 1. The number of hydrogen-bond acceptors (Lipinski definition) is 7. The molecular weight excluding hydrogens is 435 g/mol. The molecule has 0 bridgehead atoms. The minimum Gasteiger partial charge on any atom is -0.386 e. The maximum atomic E-state index is 14.9. The average molecular weight is 456 g/mol. The minimum atomic E-state index is -0.516. The fourth-order valence-electron chi connectivity index (χ4n) is 4.41. The van der Waals surface area contributed by atoms with Gasteiger partial charge in [-0.05, 0) is 42.0 Å². The van der Waals surface area contributed by atoms with Gasteiger partial charge in [0.2, 0.25) is 0 Å². The van der Waals surface area contributed by atoms with Gasteiger partial charge < -0.3 is 10.8 Å². The van der Waals surface area contributed by atoms with Gasteiger partial charge in [0, 0.05) is 5.69 Å². The summed E-state index contributed by atoms with van der Waals surface area (Å²) in [4.78, 5) is 22.2. The van der Waals surface area contributed by atoms with Gasteiger partial charge in [-0.15, -0.1) is 0 Å². The highest BCUT2D eigenvalue weighted by atomic mass is 19.1. The summed E-state index contributed by atoms with van der Waals surface area (Å²) in [5.74, 6) is 4.75. The molecule has 170 valence electrons. The largest absolute Gasteiger partial charge is 0.386 e. The van der Waals surface area contributed by atoms with E-state index in [9.17, 15) is 9.18 Å². The molecule has 0 amide bonds. The number of amidine groups is 1. The highest BCUT2D eigenvalue weighted by Gasteiger charge is 2.40. The first-order valence-electron chi connectivity index (χ1n) is 10.7. The molecule has 34 heavy (non-hydrogen) atoms. The molecule has 0 aliphatic carbocycles. The normalized spacial score (nSPS) is 18.9. The van der Waals surface area contributed by atoms with Gasteiger partial charge in [-0.2, -0.15) is 5.10 Å². The van der Waals surface area contributed by atoms with Gasteiger partial charge >= 0.3 is 0 Å². The van der Waals surface area contributed by atoms with Gasteiger partial charge in [0.25, 0.3) is 5.56 Å². The summed E-state index contributed by atoms with van der Waals surface area (Å²) in [6.07, 6.45) is 0.854. The van der Waals surface area contributed by atoms with E-state index < -0.39 is 17.9 Å². The van der Waals surface area contributed by atoms with E-state index in [0.29, 0.717) is 22.6 Å². The number of aliphatic imine (C=N–C) groups is 2. The zero-order valence-electron chi connectivity index (χ0n) is 18.3. The van der Waals surface area contributed by atoms with Crippen LogP contribution < -0.4 is 11.3 Å². The van der Waals surface area contributed by atoms with Crippen molar-refractivity contribution in [2.24, 2.45) is 26.7 Å². The molecule has 0 spiro atoms. The third kappa shape index (κ3) is 3.54. The number of aromatic nitrogens is 1. The van der Waals surface area contributed by atoms with E-state index in [0.717, 1.165) is 10.9 Å². The summed E-state index contributed by atoms with van der Waals surface area (Å²) in [5.41, 5.74) is 7.71. The van der Waals surface area contributed by atoms with Crippen molar-refractivity contribution in [2.45, 2.75) is 19.6 Å². The SMILES string of the molecule is Cc1cccc2cc(CN3N=C(C#CCO)C4C(N)=NC=NC43)n(-c3ccccc3F)c(=O)c12. The van der Waals surface area contributed by atoms with Crippen LogP contribution in [0.25, 0.3) is 16.5 Å². The lowest BCUT2D eigenvalue weighted by Gasteiger charge is -2.27. The first kappa shape index (κ1) is 21.6. The molecule has 3 N–H and O–H groups in total. The quantitative estimate of drug-likeness (QED) is 0.587. The second-order valence-electron chi connectivity index (χ2n) is 8.02. The first-order chi connectivity index (χ1) is 16.5. The van der Waals surface area contributed by atoms with Crippen molar-refractivity contribution in [3.8, 4) is 17.5 Å². The lowest BCUT2D eigenvalue weighted by Crippen LogP contribution is -2.42. The van der Waals surface area contributed by atoms with Gasteiger partial charge in [0.05, 0.1) is 17.6 Å². The number of pyridine rings is 1. The second kappa shape index (κ2) is 8.57. The molecule has 8 nitrogen and oxygen atoms in total. The van der Waals surface area contributed by atoms with Crippen molar-refractivity contribution >= 4 is 28.7 Å². The molecule has 2 aliphatic rings. The lowest BCUT2D eigenvalue weighted by molar-refractivity contribution is 0.210. The number of rotatable bonds is 3. The topological polar surface area (TPSA) is 109 Å². The van der Waals surface area contributed by atoms with E-state index in [4.69, 9.17) is 10.8 Å². The fraction of sp³-hybridized carbons (Fsp3) is 0.200. The first-order valence-corrected chi connectivity index (χ1v) is 10.7. The van der Waals surface area contributed by atoms with E-state index in [1.165, 1.54) is 17.0 Å². The van der Waals surface area contributed by atoms with Crippen LogP contribution in [0.2, 0.25) is 0 Å². The Morgan fingerprint density at radius 3 is 2.82 bits per heavy atom. The van der Waals surface area contributed by atoms with Crippen LogP contribution in [0.1, 0.15) is 11.3 Å². The summed E-state index contributed by atoms with van der Waals surface area (Å²) in [7, 11) is 0. The van der Waals surface area contributed by atoms with Crippen molar-refractivity contribution in [1.82, 2.24) is 9.58 Å². The van der Waals surface area contributed by atoms with E-state index in [-0.39, 0.29) is 24.4 Å². The fourth-order valence-corrected chi connectivity index (χ4v) is 4.41. The zero-order valence-corrected chi connectivity index (χ0v) is 18.3. The molecular formula is C25H21FN6O2. The Hall–Kier alpha value is -4.29. The van der Waals surface area contributed by atoms with Crippen LogP contribution in [0.15, 0.2) is 68.4 Å². The maximum Gasteiger partial charge on any atom is 0.263 e. The van der Waals surface area contributed by atoms with Crippen LogP contribution in [0.4, 0.5) is 4.39 Å². The molecule has 2 atom stereocenters. The molecule has 2 aliphatic heterocycles. The molecule has 3 heterocycles. The van der Waals surface area contributed by atoms with Gasteiger partial charge in [0.15, 0.2) is 6.17 Å². The molecule has 2 unspecified atom stereocenters. The van der Waals surface area contributed by atoms with Crippen LogP contribution in [-0.2, 0) is 6.54 Å². The highest BCUT2D eigenvalue weighted by molar-refractivity contribution is 6.17. The Balaban J connectivity index is 1.69. The predicted molar refractivity (Wildman–Crippen MR) is 129 cm³/mol. The Kier molecular flexibility index (Phi) is 5.43. The summed E-state index contributed by atoms with van der Waals surface area (Å²) >= 11 is 0. The predicted octanol–water partition coefficient (Wildman–Crippen LogP) is 1.95. The standard InChI is InChI=1S/C25H21FN6O2/c1-15-6-4-7-16-12-17(32(25(34)21(15)16)20-10-3-2-8-18(20)26)13-31-24-22(23(27)28-14-29-24)19(30-31)9-5-11-33/h2-4,6-8,10,12,14,22,24,33H,11,13H2,1H3,(H2,27,28,29). The number of hydrazone groups is 1. The van der Waals surface area contributed by atoms with Crippen molar-refractivity contribution in [3.63, 3.8) is 0 Å². The van der Waals surface area contributed by atoms with Gasteiger partial charge in [-0.25, -0.2) is 14.4 Å². The van der Waals surface area contributed by atoms with Crippen LogP contribution >= 0.6 is 0 Å². The second-order valence-corrected chi connectivity index (χ2v) is 8.02. The van der Waals surface area contributed by atoms with Crippen molar-refractivity contribution in [3.05, 3.63) is 76.0 Å². The third-order valence-electron chi connectivity index (χ3n) is 5.92. The highest BCUT2D eigenvalue weighted by Crippen LogP contribution is 2.29. The minimum absolute atomic E-state index is 0.142. The Labute approximate surface area is 194 Å². The Bertz CT molecular complexity index is 1510. The van der Waals surface area contributed by atoms with Crippen LogP contribution in [0, 0.1) is 30.5 Å². The van der Waals surface area contributed by atoms with Crippen LogP contribution in [0.3, 0.4) is 0 Å². The lowest BCUT2D eigenvalue weighted by atomic mass is 9.99. The number of aliphatic hydroxyl groups is 1. The number of hydrogen-bond donors (Lipinski definition) is 2. The average Bonchev–Trinajstić information content (AvgIpc) is 3.17. The van der Waals surface area contributed by atoms with Gasteiger partial charge in [-0.3, -0.25) is 14.4 Å². The molecule has 0 fully saturated rings. The van der Waals surface area contributed by atoms with E-state index >= 15 is 0 Å². The van der Waals surface area contributed by atoms with Crippen molar-refractivity contribution in [2.75, 3.05) is 6.61 Å². The summed E-state index contributed by atoms with van der Waals surface area (Å²) in [5, 5.41) is 16.6. The number of aliphatic hydroxyl groups excluding tert-OH is 1. The maximum absolute atomic E-state index is 14.9. The molecule has 3 aromatic rings. The smallest absolute Gasteiger partial charge is 0.263 e. The monoisotopic (exact) mass is 456 g/mol. The molecule has 1 aromatic heterocycles. The Morgan fingerprint density at radius 2 is 2.03 bits per heavy atom. The van der Waals surface area contributed by atoms with E-state index in [1.54, 1.807) is 23.2 Å². The van der Waals surface area contributed by atoms with E-state index in [1.807, 2.05) is 31.2 Å². The number of benzene rings is 2. The molecule has 5 rings (SSSR count). The molecule has 2 aromatic carbocycles. The summed E-state index contributed by atoms with van der Waals surface area (Å²) in [6, 6.07) is 13.6. The van der Waals surface area contributed by atoms with Crippen LogP contribution in [-0.4, -0.2) is 45.3 Å². The van der Waals surface area contributed by atoms with Crippen molar-refractivity contribution in [1.29, 1.82) is 0 Å². The molecule has 0 saturated heterocycles. The molecule has 0 saturated carbocycles. The molecule has 0 radical (unpaired) electrons. The van der Waals surface area contributed by atoms with E-state index in [2.05, 4.69) is 26.9 Å². The number of nitrogens with two attached hydrogens (primary N) is 1. The van der Waals surface area contributed by atoms with Gasteiger partial charge in [-0.1, -0.05) is 36.3 Å².